The number of benzene rings is 2. The van der Waals surface area contributed by atoms with Crippen molar-refractivity contribution in [3.63, 3.8) is 0 Å². The van der Waals surface area contributed by atoms with E-state index in [1.807, 2.05) is 25.1 Å². The van der Waals surface area contributed by atoms with Gasteiger partial charge in [-0.05, 0) is 80.3 Å². The zero-order chi connectivity index (χ0) is 25.1. The molecule has 0 radical (unpaired) electrons. The molecule has 5 nitrogen and oxygen atoms in total. The zero-order valence-electron chi connectivity index (χ0n) is 21.9. The zero-order valence-corrected chi connectivity index (χ0v) is 21.9. The molecule has 2 fully saturated rings. The van der Waals surface area contributed by atoms with Gasteiger partial charge in [-0.25, -0.2) is 0 Å². The van der Waals surface area contributed by atoms with Crippen molar-refractivity contribution in [1.29, 1.82) is 0 Å². The lowest BCUT2D eigenvalue weighted by molar-refractivity contribution is -0.145. The summed E-state index contributed by atoms with van der Waals surface area (Å²) in [5.74, 6) is 0.345. The van der Waals surface area contributed by atoms with Crippen LogP contribution in [0.1, 0.15) is 103 Å². The van der Waals surface area contributed by atoms with E-state index < -0.39 is 0 Å². The first-order chi connectivity index (χ1) is 17.6. The average molecular weight is 488 g/mol. The predicted molar refractivity (Wildman–Crippen MR) is 144 cm³/mol. The third kappa shape index (κ3) is 5.08. The van der Waals surface area contributed by atoms with E-state index in [0.29, 0.717) is 0 Å². The molecule has 2 aromatic carbocycles. The summed E-state index contributed by atoms with van der Waals surface area (Å²) in [6.45, 7) is 6.02. The molecule has 0 saturated carbocycles. The van der Waals surface area contributed by atoms with Crippen molar-refractivity contribution >= 4 is 11.8 Å². The number of fused-ring (bicyclic) bond motifs is 4. The summed E-state index contributed by atoms with van der Waals surface area (Å²) >= 11 is 0. The number of hydrogen-bond acceptors (Lipinski definition) is 3. The van der Waals surface area contributed by atoms with Gasteiger partial charge in [0.1, 0.15) is 0 Å². The van der Waals surface area contributed by atoms with E-state index in [4.69, 9.17) is 0 Å². The van der Waals surface area contributed by atoms with Gasteiger partial charge in [-0.3, -0.25) is 9.59 Å². The molecule has 0 unspecified atom stereocenters. The van der Waals surface area contributed by atoms with Gasteiger partial charge in [-0.15, -0.1) is 0 Å². The fraction of sp³-hybridized carbons (Fsp3) is 0.548. The number of aryl methyl sites for hydroxylation is 1. The van der Waals surface area contributed by atoms with Gasteiger partial charge in [0.2, 0.25) is 5.91 Å². The van der Waals surface area contributed by atoms with Gasteiger partial charge in [0.25, 0.3) is 5.91 Å². The summed E-state index contributed by atoms with van der Waals surface area (Å²) < 4.78 is 0. The highest BCUT2D eigenvalue weighted by molar-refractivity contribution is 5.97. The average Bonchev–Trinajstić information content (AvgIpc) is 2.91. The fourth-order valence-corrected chi connectivity index (χ4v) is 6.58. The number of nitrogens with zero attached hydrogens (tertiary/aromatic N) is 1. The van der Waals surface area contributed by atoms with Crippen molar-refractivity contribution in [1.82, 2.24) is 15.5 Å². The molecule has 0 aliphatic carbocycles. The Balaban J connectivity index is 1.47. The molecule has 2 amide bonds. The molecule has 2 saturated heterocycles. The molecule has 192 valence electrons. The maximum Gasteiger partial charge on any atom is 0.252 e. The van der Waals surface area contributed by atoms with Gasteiger partial charge in [0.15, 0.2) is 0 Å². The van der Waals surface area contributed by atoms with Crippen molar-refractivity contribution in [3.05, 3.63) is 70.3 Å². The SMILES string of the molecule is CCCCCCc1cc2c(c(C(=O)N[C@H](C)c3ccccc3)c1)[C@H]1C[C@@H]3NCCC[C@@H]3C(=O)N1CC2. The van der Waals surface area contributed by atoms with Gasteiger partial charge in [0.05, 0.1) is 18.0 Å². The van der Waals surface area contributed by atoms with Crippen LogP contribution in [0.25, 0.3) is 0 Å². The molecule has 3 heterocycles. The van der Waals surface area contributed by atoms with Crippen molar-refractivity contribution < 1.29 is 9.59 Å². The summed E-state index contributed by atoms with van der Waals surface area (Å²) in [7, 11) is 0. The minimum absolute atomic E-state index is 0.0185. The molecule has 2 aromatic rings. The van der Waals surface area contributed by atoms with E-state index in [2.05, 4.69) is 46.7 Å². The minimum Gasteiger partial charge on any atom is -0.346 e. The highest BCUT2D eigenvalue weighted by atomic mass is 16.2. The lowest BCUT2D eigenvalue weighted by atomic mass is 9.75. The second kappa shape index (κ2) is 11.2. The molecule has 0 aromatic heterocycles. The standard InChI is InChI=1S/C31H41N3O2/c1-3-4-5-7-11-22-18-24-15-17-34-28(20-27-25(31(34)36)14-10-16-32-27)29(24)26(19-22)30(35)33-21(2)23-12-8-6-9-13-23/h6,8-9,12-13,18-19,21,25,27-28,32H,3-5,7,10-11,14-17,20H2,1-2H3,(H,33,35)/t21-,25+,27+,28-/m1/s1. The van der Waals surface area contributed by atoms with Crippen LogP contribution in [-0.4, -0.2) is 35.8 Å². The Hall–Kier alpha value is -2.66. The van der Waals surface area contributed by atoms with Crippen LogP contribution in [0.2, 0.25) is 0 Å². The molecular formula is C31H41N3O2. The molecule has 2 N–H and O–H groups in total. The van der Waals surface area contributed by atoms with E-state index in [0.717, 1.165) is 68.3 Å². The Labute approximate surface area is 216 Å². The Bertz CT molecular complexity index is 1080. The lowest BCUT2D eigenvalue weighted by Gasteiger charge is -2.49. The number of rotatable bonds is 8. The maximum atomic E-state index is 13.8. The Morgan fingerprint density at radius 3 is 2.81 bits per heavy atom. The van der Waals surface area contributed by atoms with Crippen LogP contribution in [0.4, 0.5) is 0 Å². The van der Waals surface area contributed by atoms with Crippen LogP contribution in [-0.2, 0) is 17.6 Å². The third-order valence-corrected chi connectivity index (χ3v) is 8.53. The first kappa shape index (κ1) is 25.0. The van der Waals surface area contributed by atoms with Gasteiger partial charge in [-0.2, -0.15) is 0 Å². The number of amides is 2. The first-order valence-corrected chi connectivity index (χ1v) is 14.1. The molecule has 3 aliphatic rings. The molecule has 0 bridgehead atoms. The van der Waals surface area contributed by atoms with Crippen LogP contribution >= 0.6 is 0 Å². The number of hydrogen-bond donors (Lipinski definition) is 2. The van der Waals surface area contributed by atoms with Crippen molar-refractivity contribution in [2.45, 2.75) is 89.8 Å². The van der Waals surface area contributed by atoms with Crippen LogP contribution < -0.4 is 10.6 Å². The number of piperidine rings is 2. The van der Waals surface area contributed by atoms with Crippen LogP contribution in [0.3, 0.4) is 0 Å². The van der Waals surface area contributed by atoms with Gasteiger partial charge in [0, 0.05) is 18.2 Å². The Morgan fingerprint density at radius 2 is 2.00 bits per heavy atom. The fourth-order valence-electron chi connectivity index (χ4n) is 6.58. The Kier molecular flexibility index (Phi) is 7.76. The summed E-state index contributed by atoms with van der Waals surface area (Å²) in [6.07, 6.45) is 9.61. The largest absolute Gasteiger partial charge is 0.346 e. The summed E-state index contributed by atoms with van der Waals surface area (Å²) in [5.41, 5.74) is 5.49. The normalized spacial score (nSPS) is 23.9. The monoisotopic (exact) mass is 487 g/mol. The smallest absolute Gasteiger partial charge is 0.252 e. The van der Waals surface area contributed by atoms with Gasteiger partial charge >= 0.3 is 0 Å². The molecule has 0 spiro atoms. The van der Waals surface area contributed by atoms with Crippen LogP contribution in [0.15, 0.2) is 42.5 Å². The van der Waals surface area contributed by atoms with Gasteiger partial charge < -0.3 is 15.5 Å². The highest BCUT2D eigenvalue weighted by Crippen LogP contribution is 2.43. The maximum absolute atomic E-state index is 13.8. The molecule has 4 atom stereocenters. The minimum atomic E-state index is -0.0837. The summed E-state index contributed by atoms with van der Waals surface area (Å²) in [5, 5.41) is 6.89. The van der Waals surface area contributed by atoms with Crippen molar-refractivity contribution in [2.75, 3.05) is 13.1 Å². The van der Waals surface area contributed by atoms with Gasteiger partial charge in [-0.1, -0.05) is 62.6 Å². The van der Waals surface area contributed by atoms with E-state index in [1.165, 1.54) is 30.4 Å². The molecule has 36 heavy (non-hydrogen) atoms. The second-order valence-electron chi connectivity index (χ2n) is 11.0. The van der Waals surface area contributed by atoms with Crippen LogP contribution in [0, 0.1) is 5.92 Å². The van der Waals surface area contributed by atoms with Crippen molar-refractivity contribution in [2.24, 2.45) is 5.92 Å². The highest BCUT2D eigenvalue weighted by Gasteiger charge is 2.46. The first-order valence-electron chi connectivity index (χ1n) is 14.1. The summed E-state index contributed by atoms with van der Waals surface area (Å²) in [6, 6.07) is 14.7. The number of nitrogens with one attached hydrogen (secondary N) is 2. The molecule has 3 aliphatic heterocycles. The predicted octanol–water partition coefficient (Wildman–Crippen LogP) is 5.50. The van der Waals surface area contributed by atoms with E-state index in [9.17, 15) is 9.59 Å². The Morgan fingerprint density at radius 1 is 1.17 bits per heavy atom. The van der Waals surface area contributed by atoms with E-state index >= 15 is 0 Å². The van der Waals surface area contributed by atoms with Crippen LogP contribution in [0.5, 0.6) is 0 Å². The lowest BCUT2D eigenvalue weighted by Crippen LogP contribution is -2.58. The second-order valence-corrected chi connectivity index (χ2v) is 11.0. The number of carbonyl (C=O) groups excluding carboxylic acids is 2. The summed E-state index contributed by atoms with van der Waals surface area (Å²) in [4.78, 5) is 29.4. The number of carbonyl (C=O) groups is 2. The quantitative estimate of drug-likeness (QED) is 0.484. The van der Waals surface area contributed by atoms with E-state index in [1.54, 1.807) is 0 Å². The number of unbranched alkanes of at least 4 members (excludes halogenated alkanes) is 3. The molecule has 5 heteroatoms. The third-order valence-electron chi connectivity index (χ3n) is 8.53. The van der Waals surface area contributed by atoms with Crippen molar-refractivity contribution in [3.8, 4) is 0 Å². The molecule has 5 rings (SSSR count). The van der Waals surface area contributed by atoms with E-state index in [-0.39, 0.29) is 35.9 Å². The molecular weight excluding hydrogens is 446 g/mol. The topological polar surface area (TPSA) is 61.4 Å².